The van der Waals surface area contributed by atoms with Crippen molar-refractivity contribution in [1.82, 2.24) is 9.80 Å². The highest BCUT2D eigenvalue weighted by atomic mass is 32.2. The fraction of sp³-hybridized carbons (Fsp3) is 0.667. The number of hydrogen-bond donors (Lipinski definition) is 1. The van der Waals surface area contributed by atoms with Gasteiger partial charge in [0.15, 0.2) is 0 Å². The highest BCUT2D eigenvalue weighted by Crippen LogP contribution is 2.31. The Labute approximate surface area is 158 Å². The molecule has 0 unspecified atom stereocenters. The Hall–Kier alpha value is -1.32. The van der Waals surface area contributed by atoms with Crippen molar-refractivity contribution in [2.75, 3.05) is 38.5 Å². The van der Waals surface area contributed by atoms with Gasteiger partial charge >= 0.3 is 5.51 Å². The highest BCUT2D eigenvalue weighted by Gasteiger charge is 2.46. The van der Waals surface area contributed by atoms with E-state index in [-0.39, 0.29) is 6.04 Å². The van der Waals surface area contributed by atoms with Gasteiger partial charge in [-0.25, -0.2) is 8.42 Å². The minimum Gasteiger partial charge on any atom is -0.382 e. The summed E-state index contributed by atoms with van der Waals surface area (Å²) in [7, 11) is -3.14. The molecule has 5 nitrogen and oxygen atoms in total. The van der Waals surface area contributed by atoms with Crippen LogP contribution in [0.4, 0.5) is 18.9 Å². The van der Waals surface area contributed by atoms with Crippen molar-refractivity contribution in [3.63, 3.8) is 0 Å². The summed E-state index contributed by atoms with van der Waals surface area (Å²) in [5.74, 6) is 0. The van der Waals surface area contributed by atoms with Gasteiger partial charge in [-0.2, -0.15) is 13.2 Å². The maximum Gasteiger partial charge on any atom is 0.501 e. The van der Waals surface area contributed by atoms with E-state index in [1.54, 1.807) is 0 Å². The zero-order chi connectivity index (χ0) is 19.7. The molecule has 152 valence electrons. The average Bonchev–Trinajstić information content (AvgIpc) is 2.63. The number of nitrogens with one attached hydrogen (secondary N) is 1. The molecule has 0 spiro atoms. The number of piperidine rings is 2. The largest absolute Gasteiger partial charge is 0.501 e. The quantitative estimate of drug-likeness (QED) is 0.835. The number of benzene rings is 1. The molecule has 0 atom stereocenters. The molecular formula is C18H26F3N3O2S. The molecule has 2 fully saturated rings. The number of likely N-dealkylation sites (tertiary alicyclic amines) is 2. The number of alkyl halides is 3. The van der Waals surface area contributed by atoms with Crippen LogP contribution in [-0.2, 0) is 9.84 Å². The Morgan fingerprint density at radius 3 is 2.04 bits per heavy atom. The van der Waals surface area contributed by atoms with E-state index in [9.17, 15) is 21.6 Å². The lowest BCUT2D eigenvalue weighted by atomic mass is 9.98. The van der Waals surface area contributed by atoms with Crippen molar-refractivity contribution < 1.29 is 21.6 Å². The van der Waals surface area contributed by atoms with Crippen LogP contribution in [0.1, 0.15) is 25.7 Å². The third-order valence-electron chi connectivity index (χ3n) is 5.57. The Balaban J connectivity index is 1.52. The molecule has 0 aliphatic carbocycles. The van der Waals surface area contributed by atoms with Crippen molar-refractivity contribution in [3.05, 3.63) is 24.3 Å². The lowest BCUT2D eigenvalue weighted by Crippen LogP contribution is -2.48. The molecule has 1 N–H and O–H groups in total. The maximum atomic E-state index is 12.6. The molecule has 0 bridgehead atoms. The molecule has 0 aromatic heterocycles. The zero-order valence-electron chi connectivity index (χ0n) is 15.4. The van der Waals surface area contributed by atoms with Crippen LogP contribution in [0.5, 0.6) is 0 Å². The van der Waals surface area contributed by atoms with Gasteiger partial charge in [0, 0.05) is 30.9 Å². The van der Waals surface area contributed by atoms with E-state index in [1.807, 2.05) is 0 Å². The van der Waals surface area contributed by atoms with E-state index in [1.165, 1.54) is 25.0 Å². The van der Waals surface area contributed by atoms with Gasteiger partial charge in [0.2, 0.25) is 0 Å². The Bertz CT molecular complexity index is 721. The van der Waals surface area contributed by atoms with Crippen molar-refractivity contribution in [2.24, 2.45) is 0 Å². The maximum absolute atomic E-state index is 12.6. The molecule has 27 heavy (non-hydrogen) atoms. The summed E-state index contributed by atoms with van der Waals surface area (Å²) in [5.41, 5.74) is -4.63. The first kappa shape index (κ1) is 20.4. The second-order valence-electron chi connectivity index (χ2n) is 7.46. The summed E-state index contributed by atoms with van der Waals surface area (Å²) < 4.78 is 60.6. The van der Waals surface area contributed by atoms with Gasteiger partial charge in [0.1, 0.15) is 0 Å². The minimum absolute atomic E-state index is 0.248. The predicted octanol–water partition coefficient (Wildman–Crippen LogP) is 2.95. The predicted molar refractivity (Wildman–Crippen MR) is 98.4 cm³/mol. The third-order valence-corrected chi connectivity index (χ3v) is 7.08. The number of sulfone groups is 1. The summed E-state index contributed by atoms with van der Waals surface area (Å²) >= 11 is 0. The van der Waals surface area contributed by atoms with E-state index in [4.69, 9.17) is 0 Å². The first-order valence-electron chi connectivity index (χ1n) is 9.27. The van der Waals surface area contributed by atoms with E-state index in [2.05, 4.69) is 22.2 Å². The summed E-state index contributed by atoms with van der Waals surface area (Å²) in [4.78, 5) is 4.18. The van der Waals surface area contributed by atoms with Gasteiger partial charge < -0.3 is 15.1 Å². The molecule has 1 aromatic carbocycles. The van der Waals surface area contributed by atoms with Crippen LogP contribution >= 0.6 is 0 Å². The first-order chi connectivity index (χ1) is 12.7. The van der Waals surface area contributed by atoms with Crippen LogP contribution in [-0.4, -0.2) is 69.0 Å². The molecule has 2 aliphatic rings. The normalized spacial score (nSPS) is 22.1. The van der Waals surface area contributed by atoms with Crippen LogP contribution in [0.15, 0.2) is 29.2 Å². The van der Waals surface area contributed by atoms with Crippen LogP contribution in [0.3, 0.4) is 0 Å². The van der Waals surface area contributed by atoms with Gasteiger partial charge in [-0.3, -0.25) is 0 Å². The smallest absolute Gasteiger partial charge is 0.382 e. The zero-order valence-corrected chi connectivity index (χ0v) is 16.2. The summed E-state index contributed by atoms with van der Waals surface area (Å²) in [5, 5.41) is 3.32. The Kier molecular flexibility index (Phi) is 6.02. The summed E-state index contributed by atoms with van der Waals surface area (Å²) in [6, 6.07) is 5.73. The van der Waals surface area contributed by atoms with Crippen molar-refractivity contribution in [1.29, 1.82) is 0 Å². The second-order valence-corrected chi connectivity index (χ2v) is 9.40. The number of hydrogen-bond acceptors (Lipinski definition) is 5. The topological polar surface area (TPSA) is 52.6 Å². The molecule has 9 heteroatoms. The molecule has 2 aliphatic heterocycles. The molecule has 0 saturated carbocycles. The summed E-state index contributed by atoms with van der Waals surface area (Å²) in [6.45, 7) is 4.28. The SMILES string of the molecule is CN1CCC(N2CCC(Nc3ccc(S(=O)(=O)C(F)(F)F)cc3)CC2)CC1. The van der Waals surface area contributed by atoms with Gasteiger partial charge in [-0.1, -0.05) is 0 Å². The monoisotopic (exact) mass is 405 g/mol. The molecule has 0 amide bonds. The van der Waals surface area contributed by atoms with Gasteiger partial charge in [0.25, 0.3) is 9.84 Å². The van der Waals surface area contributed by atoms with Crippen molar-refractivity contribution in [3.8, 4) is 0 Å². The first-order valence-corrected chi connectivity index (χ1v) is 10.8. The third kappa shape index (κ3) is 4.75. The van der Waals surface area contributed by atoms with Gasteiger partial charge in [-0.15, -0.1) is 0 Å². The molecule has 3 rings (SSSR count). The van der Waals surface area contributed by atoms with E-state index < -0.39 is 20.2 Å². The lowest BCUT2D eigenvalue weighted by molar-refractivity contribution is -0.0436. The summed E-state index contributed by atoms with van der Waals surface area (Å²) in [6.07, 6.45) is 4.33. The molecule has 2 saturated heterocycles. The van der Waals surface area contributed by atoms with E-state index >= 15 is 0 Å². The second kappa shape index (κ2) is 7.97. The van der Waals surface area contributed by atoms with Crippen molar-refractivity contribution >= 4 is 15.5 Å². The van der Waals surface area contributed by atoms with Crippen LogP contribution in [0, 0.1) is 0 Å². The fourth-order valence-electron chi connectivity index (χ4n) is 3.87. The fourth-order valence-corrected chi connectivity index (χ4v) is 4.63. The number of anilines is 1. The molecule has 2 heterocycles. The van der Waals surface area contributed by atoms with Gasteiger partial charge in [-0.05, 0) is 70.1 Å². The lowest BCUT2D eigenvalue weighted by Gasteiger charge is -2.41. The molecule has 1 aromatic rings. The Morgan fingerprint density at radius 1 is 0.963 bits per heavy atom. The number of nitrogens with zero attached hydrogens (tertiary/aromatic N) is 2. The number of rotatable bonds is 4. The average molecular weight is 405 g/mol. The standard InChI is InChI=1S/C18H26F3N3O2S/c1-23-10-8-16(9-11-23)24-12-6-15(7-13-24)22-14-2-4-17(5-3-14)27(25,26)18(19,20)21/h2-5,15-16,22H,6-13H2,1H3. The molecular weight excluding hydrogens is 379 g/mol. The highest BCUT2D eigenvalue weighted by molar-refractivity contribution is 7.92. The Morgan fingerprint density at radius 2 is 1.52 bits per heavy atom. The minimum atomic E-state index is -5.29. The van der Waals surface area contributed by atoms with Crippen molar-refractivity contribution in [2.45, 2.75) is 48.2 Å². The van der Waals surface area contributed by atoms with E-state index in [0.717, 1.165) is 51.2 Å². The number of halogens is 3. The molecule has 0 radical (unpaired) electrons. The van der Waals surface area contributed by atoms with Crippen LogP contribution < -0.4 is 5.32 Å². The van der Waals surface area contributed by atoms with Gasteiger partial charge in [0.05, 0.1) is 4.90 Å². The van der Waals surface area contributed by atoms with E-state index in [0.29, 0.717) is 11.7 Å². The van der Waals surface area contributed by atoms with Crippen LogP contribution in [0.25, 0.3) is 0 Å². The van der Waals surface area contributed by atoms with Crippen LogP contribution in [0.2, 0.25) is 0 Å².